The summed E-state index contributed by atoms with van der Waals surface area (Å²) in [7, 11) is -3.88. The second-order valence-electron chi connectivity index (χ2n) is 5.39. The third-order valence-electron chi connectivity index (χ3n) is 3.63. The van der Waals surface area contributed by atoms with Crippen LogP contribution in [0.5, 0.6) is 0 Å². The lowest BCUT2D eigenvalue weighted by atomic mass is 10.1. The van der Waals surface area contributed by atoms with Crippen LogP contribution in [0.3, 0.4) is 0 Å². The van der Waals surface area contributed by atoms with Crippen LogP contribution < -0.4 is 4.31 Å². The molecule has 0 N–H and O–H groups in total. The summed E-state index contributed by atoms with van der Waals surface area (Å²) in [5.41, 5.74) is 1.21. The zero-order valence-electron chi connectivity index (χ0n) is 14.4. The van der Waals surface area contributed by atoms with Gasteiger partial charge in [-0.3, -0.25) is 9.10 Å². The molecule has 0 aliphatic carbocycles. The quantitative estimate of drug-likeness (QED) is 0.631. The lowest BCUT2D eigenvalue weighted by molar-refractivity contribution is -0.142. The maximum Gasteiger partial charge on any atom is 0.310 e. The number of carbonyl (C=O) groups is 1. The van der Waals surface area contributed by atoms with Crippen molar-refractivity contribution in [2.45, 2.75) is 25.2 Å². The van der Waals surface area contributed by atoms with E-state index in [0.29, 0.717) is 12.3 Å². The molecule has 0 spiro atoms. The van der Waals surface area contributed by atoms with Crippen LogP contribution in [0.4, 0.5) is 5.69 Å². The van der Waals surface area contributed by atoms with E-state index < -0.39 is 10.0 Å². The van der Waals surface area contributed by atoms with Crippen molar-refractivity contribution >= 4 is 44.9 Å². The number of hydrogen-bond donors (Lipinski definition) is 0. The lowest BCUT2D eigenvalue weighted by Gasteiger charge is -2.23. The molecule has 0 amide bonds. The number of ether oxygens (including phenoxy) is 1. The van der Waals surface area contributed by atoms with E-state index in [2.05, 4.69) is 0 Å². The number of hydrogen-bond acceptors (Lipinski definition) is 4. The predicted octanol–water partition coefficient (Wildman–Crippen LogP) is 4.31. The van der Waals surface area contributed by atoms with Gasteiger partial charge in [-0.15, -0.1) is 0 Å². The number of rotatable bonds is 7. The molecule has 0 atom stereocenters. The molecule has 5 nitrogen and oxygen atoms in total. The van der Waals surface area contributed by atoms with Gasteiger partial charge in [0.2, 0.25) is 0 Å². The van der Waals surface area contributed by atoms with Crippen molar-refractivity contribution in [3.8, 4) is 0 Å². The highest BCUT2D eigenvalue weighted by Crippen LogP contribution is 2.30. The Labute approximate surface area is 163 Å². The van der Waals surface area contributed by atoms with Crippen molar-refractivity contribution in [3.63, 3.8) is 0 Å². The molecule has 0 radical (unpaired) electrons. The largest absolute Gasteiger partial charge is 0.466 e. The van der Waals surface area contributed by atoms with Gasteiger partial charge in [0.15, 0.2) is 0 Å². The molecule has 0 saturated heterocycles. The van der Waals surface area contributed by atoms with E-state index in [1.165, 1.54) is 22.5 Å². The van der Waals surface area contributed by atoms with Crippen molar-refractivity contribution in [2.24, 2.45) is 0 Å². The van der Waals surface area contributed by atoms with E-state index in [1.54, 1.807) is 38.1 Å². The van der Waals surface area contributed by atoms with E-state index in [9.17, 15) is 13.2 Å². The zero-order chi connectivity index (χ0) is 19.3. The van der Waals surface area contributed by atoms with Gasteiger partial charge in [-0.05, 0) is 49.7 Å². The molecule has 140 valence electrons. The number of benzene rings is 2. The van der Waals surface area contributed by atoms with Gasteiger partial charge in [0.05, 0.1) is 23.7 Å². The molecule has 0 aliphatic heterocycles. The van der Waals surface area contributed by atoms with Crippen molar-refractivity contribution < 1.29 is 17.9 Å². The topological polar surface area (TPSA) is 63.7 Å². The highest BCUT2D eigenvalue weighted by atomic mass is 35.5. The molecule has 0 bridgehead atoms. The maximum atomic E-state index is 13.0. The van der Waals surface area contributed by atoms with Crippen LogP contribution in [0.1, 0.15) is 19.4 Å². The molecule has 2 aromatic carbocycles. The molecular formula is C18H19Cl2NO4S. The van der Waals surface area contributed by atoms with E-state index >= 15 is 0 Å². The summed E-state index contributed by atoms with van der Waals surface area (Å²) in [6.45, 7) is 4.00. The van der Waals surface area contributed by atoms with Gasteiger partial charge in [0, 0.05) is 11.6 Å². The normalized spacial score (nSPS) is 11.2. The zero-order valence-corrected chi connectivity index (χ0v) is 16.7. The monoisotopic (exact) mass is 415 g/mol. The lowest BCUT2D eigenvalue weighted by Crippen LogP contribution is -2.31. The molecular weight excluding hydrogens is 397 g/mol. The SMILES string of the molecule is CCOC(=O)Cc1ccc(N(CC)S(=O)(=O)c2cc(Cl)ccc2Cl)cc1. The van der Waals surface area contributed by atoms with Gasteiger partial charge in [-0.1, -0.05) is 35.3 Å². The van der Waals surface area contributed by atoms with Gasteiger partial charge in [0.25, 0.3) is 10.0 Å². The molecule has 0 fully saturated rings. The highest BCUT2D eigenvalue weighted by molar-refractivity contribution is 7.93. The summed E-state index contributed by atoms with van der Waals surface area (Å²) in [4.78, 5) is 11.5. The molecule has 0 aromatic heterocycles. The third kappa shape index (κ3) is 4.69. The van der Waals surface area contributed by atoms with Crippen LogP contribution in [-0.4, -0.2) is 27.5 Å². The first kappa shape index (κ1) is 20.6. The summed E-state index contributed by atoms with van der Waals surface area (Å²) >= 11 is 12.0. The summed E-state index contributed by atoms with van der Waals surface area (Å²) in [6.07, 6.45) is 0.132. The Kier molecular flexibility index (Phi) is 6.92. The van der Waals surface area contributed by atoms with Crippen molar-refractivity contribution in [3.05, 3.63) is 58.1 Å². The minimum atomic E-state index is -3.88. The number of carbonyl (C=O) groups excluding carboxylic acids is 1. The molecule has 0 saturated carbocycles. The van der Waals surface area contributed by atoms with Crippen LogP contribution in [0.2, 0.25) is 10.0 Å². The second kappa shape index (κ2) is 8.75. The number of halogens is 2. The minimum Gasteiger partial charge on any atom is -0.466 e. The van der Waals surface area contributed by atoms with Crippen LogP contribution in [0.15, 0.2) is 47.4 Å². The van der Waals surface area contributed by atoms with Crippen molar-refractivity contribution in [1.82, 2.24) is 0 Å². The van der Waals surface area contributed by atoms with Gasteiger partial charge < -0.3 is 4.74 Å². The average Bonchev–Trinajstić information content (AvgIpc) is 2.59. The Morgan fingerprint density at radius 2 is 1.73 bits per heavy atom. The van der Waals surface area contributed by atoms with E-state index in [-0.39, 0.29) is 33.9 Å². The highest BCUT2D eigenvalue weighted by Gasteiger charge is 2.26. The first-order valence-corrected chi connectivity index (χ1v) is 10.2. The fraction of sp³-hybridized carbons (Fsp3) is 0.278. The smallest absolute Gasteiger partial charge is 0.310 e. The van der Waals surface area contributed by atoms with Gasteiger partial charge in [0.1, 0.15) is 4.90 Å². The van der Waals surface area contributed by atoms with Gasteiger partial charge >= 0.3 is 5.97 Å². The Bertz CT molecular complexity index is 883. The first-order chi connectivity index (χ1) is 12.3. The Morgan fingerprint density at radius 3 is 2.31 bits per heavy atom. The average molecular weight is 416 g/mol. The van der Waals surface area contributed by atoms with E-state index in [0.717, 1.165) is 5.56 Å². The fourth-order valence-electron chi connectivity index (χ4n) is 2.44. The molecule has 26 heavy (non-hydrogen) atoms. The summed E-state index contributed by atoms with van der Waals surface area (Å²) in [5.74, 6) is -0.328. The summed E-state index contributed by atoms with van der Waals surface area (Å²) < 4.78 is 32.1. The molecule has 2 aromatic rings. The second-order valence-corrected chi connectivity index (χ2v) is 8.07. The number of nitrogens with zero attached hydrogens (tertiary/aromatic N) is 1. The molecule has 8 heteroatoms. The fourth-order valence-corrected chi connectivity index (χ4v) is 4.66. The van der Waals surface area contributed by atoms with Crippen molar-refractivity contribution in [2.75, 3.05) is 17.5 Å². The Balaban J connectivity index is 2.32. The van der Waals surface area contributed by atoms with Crippen molar-refractivity contribution in [1.29, 1.82) is 0 Å². The maximum absolute atomic E-state index is 13.0. The summed E-state index contributed by atoms with van der Waals surface area (Å²) in [6, 6.07) is 11.0. The van der Waals surface area contributed by atoms with Gasteiger partial charge in [-0.25, -0.2) is 8.42 Å². The van der Waals surface area contributed by atoms with Gasteiger partial charge in [-0.2, -0.15) is 0 Å². The molecule has 0 heterocycles. The van der Waals surface area contributed by atoms with Crippen LogP contribution >= 0.6 is 23.2 Å². The molecule has 0 aliphatic rings. The van der Waals surface area contributed by atoms with E-state index in [4.69, 9.17) is 27.9 Å². The number of anilines is 1. The standard InChI is InChI=1S/C18H19Cl2NO4S/c1-3-21(26(23,24)17-12-14(19)7-10-16(17)20)15-8-5-13(6-9-15)11-18(22)25-4-2/h5-10,12H,3-4,11H2,1-2H3. The van der Waals surface area contributed by atoms with Crippen LogP contribution in [0, 0.1) is 0 Å². The first-order valence-electron chi connectivity index (χ1n) is 8.02. The Hall–Kier alpha value is -1.76. The number of sulfonamides is 1. The van der Waals surface area contributed by atoms with E-state index in [1.807, 2.05) is 0 Å². The Morgan fingerprint density at radius 1 is 1.08 bits per heavy atom. The van der Waals surface area contributed by atoms with Crippen LogP contribution in [0.25, 0.3) is 0 Å². The number of esters is 1. The third-order valence-corrected chi connectivity index (χ3v) is 6.25. The summed E-state index contributed by atoms with van der Waals surface area (Å²) in [5, 5.41) is 0.389. The van der Waals surface area contributed by atoms with Crippen LogP contribution in [-0.2, 0) is 26.0 Å². The molecule has 2 rings (SSSR count). The minimum absolute atomic E-state index is 0.0517. The predicted molar refractivity (Wildman–Crippen MR) is 103 cm³/mol. The molecule has 0 unspecified atom stereocenters.